The third kappa shape index (κ3) is 4.22. The Balaban J connectivity index is 1.29. The van der Waals surface area contributed by atoms with Gasteiger partial charge in [-0.3, -0.25) is 4.79 Å². The Morgan fingerprint density at radius 1 is 1.09 bits per heavy atom. The minimum Gasteiger partial charge on any atom is -0.492 e. The number of aromatic nitrogens is 4. The molecule has 1 atom stereocenters. The largest absolute Gasteiger partial charge is 0.492 e. The molecule has 0 fully saturated rings. The van der Waals surface area contributed by atoms with E-state index in [1.807, 2.05) is 48.0 Å². The highest BCUT2D eigenvalue weighted by molar-refractivity contribution is 5.97. The Labute approximate surface area is 195 Å². The third-order valence-electron chi connectivity index (χ3n) is 5.84. The van der Waals surface area contributed by atoms with Crippen molar-refractivity contribution in [2.45, 2.75) is 12.8 Å². The molecule has 1 unspecified atom stereocenters. The van der Waals surface area contributed by atoms with E-state index in [1.165, 1.54) is 12.1 Å². The van der Waals surface area contributed by atoms with Crippen LogP contribution in [0.25, 0.3) is 22.1 Å². The average molecular weight is 458 g/mol. The minimum absolute atomic E-state index is 0.0537. The number of rotatable bonds is 7. The standard InChI is InChI=1S/C26H24FN5O2/c1-16(24-29-20-8-3-4-9-21(20)30-24)25-31-22-11-10-17(14-23(22)32(25)2)26(33)28-12-13-34-19-7-5-6-18(27)15-19/h3-11,14-16H,12-13H2,1-2H3,(H,28,33)(H,29,30). The summed E-state index contributed by atoms with van der Waals surface area (Å²) in [7, 11) is 1.94. The van der Waals surface area contributed by atoms with Crippen LogP contribution in [0.4, 0.5) is 4.39 Å². The van der Waals surface area contributed by atoms with E-state index in [-0.39, 0.29) is 24.2 Å². The summed E-state index contributed by atoms with van der Waals surface area (Å²) in [6, 6.07) is 19.3. The second-order valence-electron chi connectivity index (χ2n) is 8.16. The lowest BCUT2D eigenvalue weighted by Gasteiger charge is -2.09. The normalized spacial score (nSPS) is 12.2. The van der Waals surface area contributed by atoms with E-state index in [4.69, 9.17) is 14.7 Å². The van der Waals surface area contributed by atoms with Crippen molar-refractivity contribution < 1.29 is 13.9 Å². The van der Waals surface area contributed by atoms with Gasteiger partial charge in [-0.2, -0.15) is 0 Å². The summed E-state index contributed by atoms with van der Waals surface area (Å²) in [5, 5.41) is 2.84. The van der Waals surface area contributed by atoms with Crippen LogP contribution in [0.2, 0.25) is 0 Å². The highest BCUT2D eigenvalue weighted by Crippen LogP contribution is 2.27. The van der Waals surface area contributed by atoms with Crippen molar-refractivity contribution in [2.24, 2.45) is 7.05 Å². The summed E-state index contributed by atoms with van der Waals surface area (Å²) in [5.74, 6) is 1.50. The van der Waals surface area contributed by atoms with Crippen LogP contribution in [0, 0.1) is 5.82 Å². The van der Waals surface area contributed by atoms with E-state index < -0.39 is 0 Å². The highest BCUT2D eigenvalue weighted by atomic mass is 19.1. The summed E-state index contributed by atoms with van der Waals surface area (Å²) in [6.45, 7) is 2.60. The molecule has 0 radical (unpaired) electrons. The number of benzene rings is 3. The maximum Gasteiger partial charge on any atom is 0.251 e. The number of hydrogen-bond donors (Lipinski definition) is 2. The molecule has 2 N–H and O–H groups in total. The number of H-pyrrole nitrogens is 1. The first-order valence-electron chi connectivity index (χ1n) is 11.1. The van der Waals surface area contributed by atoms with Gasteiger partial charge in [-0.15, -0.1) is 0 Å². The number of ether oxygens (including phenoxy) is 1. The van der Waals surface area contributed by atoms with Crippen LogP contribution < -0.4 is 10.1 Å². The first kappa shape index (κ1) is 21.6. The minimum atomic E-state index is -0.361. The topological polar surface area (TPSA) is 84.8 Å². The molecule has 5 rings (SSSR count). The zero-order valence-electron chi connectivity index (χ0n) is 18.9. The van der Waals surface area contributed by atoms with Crippen molar-refractivity contribution in [2.75, 3.05) is 13.2 Å². The van der Waals surface area contributed by atoms with Crippen LogP contribution in [-0.2, 0) is 7.05 Å². The van der Waals surface area contributed by atoms with Crippen LogP contribution in [0.5, 0.6) is 5.75 Å². The van der Waals surface area contributed by atoms with Gasteiger partial charge in [-0.25, -0.2) is 14.4 Å². The third-order valence-corrected chi connectivity index (χ3v) is 5.84. The van der Waals surface area contributed by atoms with Gasteiger partial charge in [0.15, 0.2) is 0 Å². The van der Waals surface area contributed by atoms with Gasteiger partial charge in [0.1, 0.15) is 29.8 Å². The first-order chi connectivity index (χ1) is 16.5. The molecule has 0 spiro atoms. The molecule has 2 heterocycles. The monoisotopic (exact) mass is 457 g/mol. The Kier molecular flexibility index (Phi) is 5.71. The summed E-state index contributed by atoms with van der Waals surface area (Å²) in [4.78, 5) is 25.5. The summed E-state index contributed by atoms with van der Waals surface area (Å²) in [5.41, 5.74) is 4.11. The van der Waals surface area contributed by atoms with Crippen molar-refractivity contribution in [3.05, 3.63) is 89.8 Å². The molecule has 1 amide bonds. The smallest absolute Gasteiger partial charge is 0.251 e. The van der Waals surface area contributed by atoms with Gasteiger partial charge in [0.2, 0.25) is 0 Å². The number of carbonyl (C=O) groups is 1. The number of imidazole rings is 2. The van der Waals surface area contributed by atoms with Crippen molar-refractivity contribution in [3.8, 4) is 5.75 Å². The van der Waals surface area contributed by atoms with E-state index >= 15 is 0 Å². The number of para-hydroxylation sites is 2. The zero-order chi connectivity index (χ0) is 23.7. The quantitative estimate of drug-likeness (QED) is 0.351. The number of halogens is 1. The molecule has 2 aromatic heterocycles. The van der Waals surface area contributed by atoms with Gasteiger partial charge in [0.25, 0.3) is 5.91 Å². The van der Waals surface area contributed by atoms with Crippen LogP contribution >= 0.6 is 0 Å². The van der Waals surface area contributed by atoms with Crippen molar-refractivity contribution in [3.63, 3.8) is 0 Å². The van der Waals surface area contributed by atoms with Gasteiger partial charge >= 0.3 is 0 Å². The van der Waals surface area contributed by atoms with E-state index in [1.54, 1.807) is 18.2 Å². The first-order valence-corrected chi connectivity index (χ1v) is 11.1. The number of aryl methyl sites for hydroxylation is 1. The van der Waals surface area contributed by atoms with Gasteiger partial charge < -0.3 is 19.6 Å². The lowest BCUT2D eigenvalue weighted by atomic mass is 10.1. The lowest BCUT2D eigenvalue weighted by molar-refractivity contribution is 0.0947. The molecule has 0 aliphatic rings. The molecule has 0 saturated carbocycles. The van der Waals surface area contributed by atoms with Crippen molar-refractivity contribution >= 4 is 28.0 Å². The molecular formula is C26H24FN5O2. The molecule has 0 saturated heterocycles. The second kappa shape index (κ2) is 8.97. The highest BCUT2D eigenvalue weighted by Gasteiger charge is 2.20. The van der Waals surface area contributed by atoms with E-state index in [0.29, 0.717) is 17.9 Å². The fourth-order valence-corrected chi connectivity index (χ4v) is 4.03. The van der Waals surface area contributed by atoms with E-state index in [2.05, 4.69) is 17.2 Å². The Morgan fingerprint density at radius 2 is 1.94 bits per heavy atom. The number of carbonyl (C=O) groups excluding carboxylic acids is 1. The number of nitrogens with one attached hydrogen (secondary N) is 2. The Hall–Kier alpha value is -4.20. The fourth-order valence-electron chi connectivity index (χ4n) is 4.03. The molecular weight excluding hydrogens is 433 g/mol. The van der Waals surface area contributed by atoms with Gasteiger partial charge in [0.05, 0.1) is 34.5 Å². The summed E-state index contributed by atoms with van der Waals surface area (Å²) >= 11 is 0. The van der Waals surface area contributed by atoms with Gasteiger partial charge in [0, 0.05) is 18.7 Å². The molecule has 0 aliphatic heterocycles. The number of aromatic amines is 1. The molecule has 5 aromatic rings. The molecule has 0 bridgehead atoms. The average Bonchev–Trinajstić information content (AvgIpc) is 3.42. The predicted octanol–water partition coefficient (Wildman–Crippen LogP) is 4.55. The summed E-state index contributed by atoms with van der Waals surface area (Å²) in [6.07, 6.45) is 0. The fraction of sp³-hybridized carbons (Fsp3) is 0.192. The number of amides is 1. The van der Waals surface area contributed by atoms with Gasteiger partial charge in [-0.1, -0.05) is 18.2 Å². The molecule has 3 aromatic carbocycles. The number of nitrogens with zero attached hydrogens (tertiary/aromatic N) is 3. The number of fused-ring (bicyclic) bond motifs is 2. The van der Waals surface area contributed by atoms with Crippen LogP contribution in [0.3, 0.4) is 0 Å². The zero-order valence-corrected chi connectivity index (χ0v) is 18.9. The molecule has 34 heavy (non-hydrogen) atoms. The second-order valence-corrected chi connectivity index (χ2v) is 8.16. The predicted molar refractivity (Wildman–Crippen MR) is 129 cm³/mol. The summed E-state index contributed by atoms with van der Waals surface area (Å²) < 4.78 is 20.7. The Bertz CT molecular complexity index is 1460. The van der Waals surface area contributed by atoms with Crippen LogP contribution in [-0.4, -0.2) is 38.6 Å². The maximum atomic E-state index is 13.2. The maximum absolute atomic E-state index is 13.2. The van der Waals surface area contributed by atoms with Crippen LogP contribution in [0.1, 0.15) is 34.8 Å². The van der Waals surface area contributed by atoms with Crippen LogP contribution in [0.15, 0.2) is 66.7 Å². The molecule has 0 aliphatic carbocycles. The Morgan fingerprint density at radius 3 is 2.76 bits per heavy atom. The molecule has 7 nitrogen and oxygen atoms in total. The molecule has 8 heteroatoms. The lowest BCUT2D eigenvalue weighted by Crippen LogP contribution is -2.28. The van der Waals surface area contributed by atoms with Gasteiger partial charge in [-0.05, 0) is 49.4 Å². The number of hydrogen-bond acceptors (Lipinski definition) is 4. The van der Waals surface area contributed by atoms with Crippen molar-refractivity contribution in [1.82, 2.24) is 24.8 Å². The van der Waals surface area contributed by atoms with E-state index in [0.717, 1.165) is 33.7 Å². The SMILES string of the molecule is CC(c1nc2ccccc2[nH]1)c1nc2ccc(C(=O)NCCOc3cccc(F)c3)cc2n1C. The van der Waals surface area contributed by atoms with E-state index in [9.17, 15) is 9.18 Å². The molecule has 172 valence electrons. The van der Waals surface area contributed by atoms with Crippen molar-refractivity contribution in [1.29, 1.82) is 0 Å².